The molecule has 0 aliphatic heterocycles. The van der Waals surface area contributed by atoms with Gasteiger partial charge in [0.25, 0.3) is 0 Å². The lowest BCUT2D eigenvalue weighted by Gasteiger charge is -2.28. The average Bonchev–Trinajstić information content (AvgIpc) is 2.91. The van der Waals surface area contributed by atoms with E-state index in [1.54, 1.807) is 0 Å². The molecule has 0 amide bonds. The van der Waals surface area contributed by atoms with Gasteiger partial charge in [-0.15, -0.1) is 0 Å². The van der Waals surface area contributed by atoms with Gasteiger partial charge in [-0.2, -0.15) is 0 Å². The molecule has 0 radical (unpaired) electrons. The van der Waals surface area contributed by atoms with Crippen LogP contribution in [0.15, 0.2) is 133 Å². The molecule has 0 bridgehead atoms. The fourth-order valence-corrected chi connectivity index (χ4v) is 4.26. The molecular formula is C31H27N3. The van der Waals surface area contributed by atoms with Crippen molar-refractivity contribution < 1.29 is 0 Å². The first-order valence-corrected chi connectivity index (χ1v) is 11.5. The van der Waals surface area contributed by atoms with Crippen molar-refractivity contribution >= 4 is 28.4 Å². The summed E-state index contributed by atoms with van der Waals surface area (Å²) in [6.45, 7) is 0.514. The van der Waals surface area contributed by atoms with Crippen LogP contribution >= 0.6 is 0 Å². The lowest BCUT2D eigenvalue weighted by molar-refractivity contribution is 1.07. The molecule has 3 nitrogen and oxygen atoms in total. The zero-order chi connectivity index (χ0) is 23.2. The van der Waals surface area contributed by atoms with Crippen molar-refractivity contribution in [2.75, 3.05) is 10.2 Å². The number of hydrogen-bond donors (Lipinski definition) is 2. The Kier molecular flexibility index (Phi) is 6.37. The van der Waals surface area contributed by atoms with Crippen molar-refractivity contribution in [1.82, 2.24) is 0 Å². The largest absolute Gasteiger partial charge is 0.354 e. The molecule has 0 saturated heterocycles. The molecule has 0 saturated carbocycles. The minimum Gasteiger partial charge on any atom is -0.354 e. The average molecular weight is 442 g/mol. The van der Waals surface area contributed by atoms with E-state index >= 15 is 0 Å². The standard InChI is InChI=1S/C31H27N3/c32-23-25-12-7-8-19-29(25)24-13-11-14-26(22-24)33-30-20-9-10-21-31(30)34(27-15-3-1-4-16-27)28-17-5-2-6-18-28/h1-22,33H,23,32H2. The predicted molar refractivity (Wildman–Crippen MR) is 144 cm³/mol. The van der Waals surface area contributed by atoms with E-state index < -0.39 is 0 Å². The van der Waals surface area contributed by atoms with Crippen LogP contribution in [-0.4, -0.2) is 0 Å². The molecule has 3 heteroatoms. The van der Waals surface area contributed by atoms with Crippen LogP contribution in [0.3, 0.4) is 0 Å². The number of nitrogens with one attached hydrogen (secondary N) is 1. The molecular weight excluding hydrogens is 414 g/mol. The second-order valence-corrected chi connectivity index (χ2v) is 8.09. The van der Waals surface area contributed by atoms with Crippen molar-refractivity contribution in [2.45, 2.75) is 6.54 Å². The van der Waals surface area contributed by atoms with Gasteiger partial charge in [0.1, 0.15) is 0 Å². The molecule has 0 aromatic heterocycles. The topological polar surface area (TPSA) is 41.3 Å². The van der Waals surface area contributed by atoms with Crippen molar-refractivity contribution in [3.8, 4) is 11.1 Å². The summed E-state index contributed by atoms with van der Waals surface area (Å²) >= 11 is 0. The Labute approximate surface area is 201 Å². The van der Waals surface area contributed by atoms with Gasteiger partial charge in [0.05, 0.1) is 11.4 Å². The minimum atomic E-state index is 0.514. The lowest BCUT2D eigenvalue weighted by atomic mass is 9.99. The molecule has 0 fully saturated rings. The first kappa shape index (κ1) is 21.5. The number of para-hydroxylation sites is 4. The van der Waals surface area contributed by atoms with Gasteiger partial charge in [0.15, 0.2) is 0 Å². The van der Waals surface area contributed by atoms with Crippen molar-refractivity contribution in [3.63, 3.8) is 0 Å². The quantitative estimate of drug-likeness (QED) is 0.269. The molecule has 0 atom stereocenters. The fraction of sp³-hybridized carbons (Fsp3) is 0.0323. The van der Waals surface area contributed by atoms with Gasteiger partial charge in [-0.25, -0.2) is 0 Å². The zero-order valence-electron chi connectivity index (χ0n) is 18.9. The van der Waals surface area contributed by atoms with Crippen LogP contribution in [0.5, 0.6) is 0 Å². The number of hydrogen-bond acceptors (Lipinski definition) is 3. The van der Waals surface area contributed by atoms with E-state index in [-0.39, 0.29) is 0 Å². The highest BCUT2D eigenvalue weighted by molar-refractivity contribution is 5.87. The summed E-state index contributed by atoms with van der Waals surface area (Å²) in [4.78, 5) is 2.27. The van der Waals surface area contributed by atoms with E-state index in [4.69, 9.17) is 5.73 Å². The smallest absolute Gasteiger partial charge is 0.0696 e. The van der Waals surface area contributed by atoms with Crippen LogP contribution in [-0.2, 0) is 6.54 Å². The summed E-state index contributed by atoms with van der Waals surface area (Å²) < 4.78 is 0. The molecule has 166 valence electrons. The third kappa shape index (κ3) is 4.56. The summed E-state index contributed by atoms with van der Waals surface area (Å²) in [6.07, 6.45) is 0. The SMILES string of the molecule is NCc1ccccc1-c1cccc(Nc2ccccc2N(c2ccccc2)c2ccccc2)c1. The maximum absolute atomic E-state index is 5.99. The van der Waals surface area contributed by atoms with Gasteiger partial charge in [-0.3, -0.25) is 0 Å². The Balaban J connectivity index is 1.55. The van der Waals surface area contributed by atoms with Crippen molar-refractivity contribution in [3.05, 3.63) is 139 Å². The van der Waals surface area contributed by atoms with E-state index in [1.165, 1.54) is 0 Å². The summed E-state index contributed by atoms with van der Waals surface area (Å²) in [5, 5.41) is 3.67. The molecule has 3 N–H and O–H groups in total. The van der Waals surface area contributed by atoms with E-state index in [1.807, 2.05) is 18.2 Å². The summed E-state index contributed by atoms with van der Waals surface area (Å²) in [7, 11) is 0. The number of benzene rings is 5. The van der Waals surface area contributed by atoms with Gasteiger partial charge >= 0.3 is 0 Å². The van der Waals surface area contributed by atoms with E-state index in [2.05, 4.69) is 125 Å². The second-order valence-electron chi connectivity index (χ2n) is 8.09. The molecule has 34 heavy (non-hydrogen) atoms. The fourth-order valence-electron chi connectivity index (χ4n) is 4.26. The number of rotatable bonds is 7. The van der Waals surface area contributed by atoms with Crippen LogP contribution in [0.1, 0.15) is 5.56 Å². The first-order chi connectivity index (χ1) is 16.8. The Morgan fingerprint density at radius 2 is 1.21 bits per heavy atom. The van der Waals surface area contributed by atoms with Gasteiger partial charge in [-0.05, 0) is 65.2 Å². The van der Waals surface area contributed by atoms with Gasteiger partial charge in [-0.1, -0.05) is 84.9 Å². The Hall–Kier alpha value is -4.34. The third-order valence-electron chi connectivity index (χ3n) is 5.86. The molecule has 5 aromatic rings. The highest BCUT2D eigenvalue weighted by atomic mass is 15.2. The number of nitrogens with zero attached hydrogens (tertiary/aromatic N) is 1. The van der Waals surface area contributed by atoms with Crippen LogP contribution in [0.4, 0.5) is 28.4 Å². The van der Waals surface area contributed by atoms with E-state index in [9.17, 15) is 0 Å². The predicted octanol–water partition coefficient (Wildman–Crippen LogP) is 8.03. The molecule has 0 heterocycles. The summed E-state index contributed by atoms with van der Waals surface area (Å²) in [5.41, 5.74) is 14.8. The van der Waals surface area contributed by atoms with Gasteiger partial charge in [0.2, 0.25) is 0 Å². The third-order valence-corrected chi connectivity index (χ3v) is 5.86. The Morgan fingerprint density at radius 1 is 0.588 bits per heavy atom. The normalized spacial score (nSPS) is 10.6. The number of anilines is 5. The monoisotopic (exact) mass is 441 g/mol. The number of nitrogens with two attached hydrogens (primary N) is 1. The maximum Gasteiger partial charge on any atom is 0.0696 e. The summed E-state index contributed by atoms with van der Waals surface area (Å²) in [5.74, 6) is 0. The minimum absolute atomic E-state index is 0.514. The molecule has 5 rings (SSSR count). The molecule has 0 aliphatic carbocycles. The van der Waals surface area contributed by atoms with Crippen LogP contribution in [0, 0.1) is 0 Å². The van der Waals surface area contributed by atoms with Crippen LogP contribution in [0.2, 0.25) is 0 Å². The van der Waals surface area contributed by atoms with Crippen LogP contribution in [0.25, 0.3) is 11.1 Å². The Bertz CT molecular complexity index is 1320. The zero-order valence-corrected chi connectivity index (χ0v) is 18.9. The molecule has 0 spiro atoms. The lowest BCUT2D eigenvalue weighted by Crippen LogP contribution is -2.11. The van der Waals surface area contributed by atoms with E-state index in [0.717, 1.165) is 45.1 Å². The second kappa shape index (κ2) is 10.1. The van der Waals surface area contributed by atoms with Crippen LogP contribution < -0.4 is 16.0 Å². The molecule has 0 aliphatic rings. The van der Waals surface area contributed by atoms with E-state index in [0.29, 0.717) is 6.54 Å². The van der Waals surface area contributed by atoms with Crippen molar-refractivity contribution in [2.24, 2.45) is 5.73 Å². The Morgan fingerprint density at radius 3 is 1.91 bits per heavy atom. The van der Waals surface area contributed by atoms with Gasteiger partial charge in [0, 0.05) is 23.6 Å². The van der Waals surface area contributed by atoms with Gasteiger partial charge < -0.3 is 16.0 Å². The molecule has 0 unspecified atom stereocenters. The summed E-state index contributed by atoms with van der Waals surface area (Å²) in [6, 6.07) is 46.1. The maximum atomic E-state index is 5.99. The first-order valence-electron chi connectivity index (χ1n) is 11.5. The van der Waals surface area contributed by atoms with Crippen molar-refractivity contribution in [1.29, 1.82) is 0 Å². The highest BCUT2D eigenvalue weighted by Gasteiger charge is 2.15. The highest BCUT2D eigenvalue weighted by Crippen LogP contribution is 2.40. The molecule has 5 aromatic carbocycles.